The van der Waals surface area contributed by atoms with Gasteiger partial charge in [0, 0.05) is 6.20 Å². The number of hydrogen-bond donors (Lipinski definition) is 1. The number of pyridine rings is 1. The molecule has 2 aromatic heterocycles. The van der Waals surface area contributed by atoms with Crippen LogP contribution >= 0.6 is 0 Å². The molecular formula is C9H8F3N3. The Morgan fingerprint density at radius 1 is 1.40 bits per heavy atom. The molecule has 0 saturated heterocycles. The lowest BCUT2D eigenvalue weighted by atomic mass is 10.2. The van der Waals surface area contributed by atoms with Crippen molar-refractivity contribution in [2.24, 2.45) is 0 Å². The summed E-state index contributed by atoms with van der Waals surface area (Å²) in [6.07, 6.45) is -3.03. The van der Waals surface area contributed by atoms with Crippen LogP contribution < -0.4 is 5.73 Å². The fourth-order valence-electron chi connectivity index (χ4n) is 1.36. The van der Waals surface area contributed by atoms with Gasteiger partial charge in [0.1, 0.15) is 11.5 Å². The number of hydrogen-bond acceptors (Lipinski definition) is 2. The number of nitrogen functional groups attached to an aromatic ring is 1. The van der Waals surface area contributed by atoms with Gasteiger partial charge in [-0.25, -0.2) is 4.98 Å². The molecule has 2 rings (SSSR count). The normalized spacial score (nSPS) is 12.3. The Bertz CT molecular complexity index is 513. The fraction of sp³-hybridized carbons (Fsp3) is 0.222. The molecule has 0 aromatic carbocycles. The number of alkyl halides is 3. The number of aromatic nitrogens is 2. The summed E-state index contributed by atoms with van der Waals surface area (Å²) in [6, 6.07) is 1.98. The van der Waals surface area contributed by atoms with E-state index in [2.05, 4.69) is 4.98 Å². The second-order valence-corrected chi connectivity index (χ2v) is 3.22. The van der Waals surface area contributed by atoms with E-state index in [-0.39, 0.29) is 11.5 Å². The first-order valence-corrected chi connectivity index (χ1v) is 4.21. The molecule has 0 aliphatic heterocycles. The van der Waals surface area contributed by atoms with Gasteiger partial charge in [0.15, 0.2) is 0 Å². The van der Waals surface area contributed by atoms with Crippen LogP contribution in [0.15, 0.2) is 18.3 Å². The molecule has 15 heavy (non-hydrogen) atoms. The molecule has 2 aromatic rings. The third-order valence-electron chi connectivity index (χ3n) is 2.23. The predicted molar refractivity (Wildman–Crippen MR) is 49.3 cm³/mol. The molecule has 0 amide bonds. The highest BCUT2D eigenvalue weighted by molar-refractivity contribution is 5.53. The van der Waals surface area contributed by atoms with Crippen LogP contribution in [0.4, 0.5) is 19.0 Å². The van der Waals surface area contributed by atoms with Crippen LogP contribution in [0.25, 0.3) is 5.65 Å². The predicted octanol–water partition coefficient (Wildman–Crippen LogP) is 2.24. The Hall–Kier alpha value is -1.72. The SMILES string of the molecule is Cc1c(N)nc2cc(C(F)(F)F)ccn12. The van der Waals surface area contributed by atoms with Crippen molar-refractivity contribution in [1.29, 1.82) is 0 Å². The highest BCUT2D eigenvalue weighted by Gasteiger charge is 2.30. The Morgan fingerprint density at radius 3 is 2.67 bits per heavy atom. The first kappa shape index (κ1) is 9.82. The van der Waals surface area contributed by atoms with Gasteiger partial charge in [-0.15, -0.1) is 0 Å². The summed E-state index contributed by atoms with van der Waals surface area (Å²) in [5.74, 6) is 0.245. The van der Waals surface area contributed by atoms with Crippen molar-refractivity contribution in [3.05, 3.63) is 29.6 Å². The number of aryl methyl sites for hydroxylation is 1. The van der Waals surface area contributed by atoms with Gasteiger partial charge in [0.2, 0.25) is 0 Å². The summed E-state index contributed by atoms with van der Waals surface area (Å²) < 4.78 is 38.6. The first-order valence-electron chi connectivity index (χ1n) is 4.21. The number of nitrogens with two attached hydrogens (primary N) is 1. The van der Waals surface area contributed by atoms with E-state index in [0.29, 0.717) is 5.69 Å². The van der Waals surface area contributed by atoms with Crippen molar-refractivity contribution in [2.75, 3.05) is 5.73 Å². The number of nitrogens with zero attached hydrogens (tertiary/aromatic N) is 2. The highest BCUT2D eigenvalue weighted by atomic mass is 19.4. The molecule has 6 heteroatoms. The number of halogens is 3. The van der Waals surface area contributed by atoms with Crippen molar-refractivity contribution >= 4 is 11.5 Å². The van der Waals surface area contributed by atoms with Crippen LogP contribution in [0.1, 0.15) is 11.3 Å². The number of fused-ring (bicyclic) bond motifs is 1. The Morgan fingerprint density at radius 2 is 2.07 bits per heavy atom. The van der Waals surface area contributed by atoms with Crippen molar-refractivity contribution in [2.45, 2.75) is 13.1 Å². The van der Waals surface area contributed by atoms with E-state index in [4.69, 9.17) is 5.73 Å². The summed E-state index contributed by atoms with van der Waals surface area (Å²) in [5, 5.41) is 0. The molecule has 0 saturated carbocycles. The van der Waals surface area contributed by atoms with E-state index in [1.807, 2.05) is 0 Å². The molecule has 0 aliphatic rings. The summed E-state index contributed by atoms with van der Waals surface area (Å²) in [6.45, 7) is 1.70. The van der Waals surface area contributed by atoms with E-state index < -0.39 is 11.7 Å². The minimum atomic E-state index is -4.35. The third-order valence-corrected chi connectivity index (χ3v) is 2.23. The van der Waals surface area contributed by atoms with Gasteiger partial charge in [-0.3, -0.25) is 0 Å². The van der Waals surface area contributed by atoms with Crippen LogP contribution in [0.2, 0.25) is 0 Å². The molecule has 2 N–H and O–H groups in total. The second kappa shape index (κ2) is 2.88. The average Bonchev–Trinajstić information content (AvgIpc) is 2.41. The van der Waals surface area contributed by atoms with Crippen LogP contribution in [-0.4, -0.2) is 9.38 Å². The molecule has 0 aliphatic carbocycles. The minimum Gasteiger partial charge on any atom is -0.382 e. The van der Waals surface area contributed by atoms with Crippen LogP contribution in [-0.2, 0) is 6.18 Å². The maximum absolute atomic E-state index is 12.4. The maximum atomic E-state index is 12.4. The standard InChI is InChI=1S/C9H8F3N3/c1-5-8(13)14-7-4-6(9(10,11)12)2-3-15(5)7/h2-4H,13H2,1H3. The second-order valence-electron chi connectivity index (χ2n) is 3.22. The molecule has 2 heterocycles. The molecule has 80 valence electrons. The lowest BCUT2D eigenvalue weighted by molar-refractivity contribution is -0.137. The zero-order valence-electron chi connectivity index (χ0n) is 7.84. The number of rotatable bonds is 0. The molecule has 0 atom stereocenters. The summed E-state index contributed by atoms with van der Waals surface area (Å²) in [4.78, 5) is 3.83. The summed E-state index contributed by atoms with van der Waals surface area (Å²) >= 11 is 0. The quantitative estimate of drug-likeness (QED) is 0.732. The van der Waals surface area contributed by atoms with Crippen LogP contribution in [0, 0.1) is 6.92 Å². The zero-order chi connectivity index (χ0) is 11.2. The van der Waals surface area contributed by atoms with E-state index in [9.17, 15) is 13.2 Å². The third kappa shape index (κ3) is 1.51. The van der Waals surface area contributed by atoms with Crippen molar-refractivity contribution in [3.63, 3.8) is 0 Å². The van der Waals surface area contributed by atoms with E-state index >= 15 is 0 Å². The van der Waals surface area contributed by atoms with Gasteiger partial charge in [-0.05, 0) is 19.1 Å². The lowest BCUT2D eigenvalue weighted by Crippen LogP contribution is -2.05. The molecule has 0 fully saturated rings. The van der Waals surface area contributed by atoms with Gasteiger partial charge in [0.05, 0.1) is 11.3 Å². The van der Waals surface area contributed by atoms with Gasteiger partial charge in [-0.2, -0.15) is 13.2 Å². The minimum absolute atomic E-state index is 0.208. The average molecular weight is 215 g/mol. The van der Waals surface area contributed by atoms with E-state index in [1.165, 1.54) is 10.6 Å². The molecule has 0 bridgehead atoms. The van der Waals surface area contributed by atoms with Gasteiger partial charge < -0.3 is 10.1 Å². The molecule has 0 radical (unpaired) electrons. The van der Waals surface area contributed by atoms with Crippen molar-refractivity contribution < 1.29 is 13.2 Å². The smallest absolute Gasteiger partial charge is 0.382 e. The molecular weight excluding hydrogens is 207 g/mol. The van der Waals surface area contributed by atoms with Crippen LogP contribution in [0.5, 0.6) is 0 Å². The Balaban J connectivity index is 2.67. The Kier molecular flexibility index (Phi) is 1.89. The number of anilines is 1. The summed E-state index contributed by atoms with van der Waals surface area (Å²) in [5.41, 5.74) is 5.62. The van der Waals surface area contributed by atoms with Crippen LogP contribution in [0.3, 0.4) is 0 Å². The lowest BCUT2D eigenvalue weighted by Gasteiger charge is -2.06. The maximum Gasteiger partial charge on any atom is 0.416 e. The summed E-state index contributed by atoms with van der Waals surface area (Å²) in [7, 11) is 0. The molecule has 0 unspecified atom stereocenters. The monoisotopic (exact) mass is 215 g/mol. The van der Waals surface area contributed by atoms with Crippen molar-refractivity contribution in [1.82, 2.24) is 9.38 Å². The largest absolute Gasteiger partial charge is 0.416 e. The van der Waals surface area contributed by atoms with Gasteiger partial charge in [0.25, 0.3) is 0 Å². The van der Waals surface area contributed by atoms with Gasteiger partial charge in [-0.1, -0.05) is 0 Å². The van der Waals surface area contributed by atoms with E-state index in [1.54, 1.807) is 6.92 Å². The van der Waals surface area contributed by atoms with Crippen molar-refractivity contribution in [3.8, 4) is 0 Å². The van der Waals surface area contributed by atoms with Gasteiger partial charge >= 0.3 is 6.18 Å². The highest BCUT2D eigenvalue weighted by Crippen LogP contribution is 2.30. The number of imidazole rings is 1. The Labute approximate surface area is 83.3 Å². The molecule has 0 spiro atoms. The topological polar surface area (TPSA) is 43.3 Å². The fourth-order valence-corrected chi connectivity index (χ4v) is 1.36. The zero-order valence-corrected chi connectivity index (χ0v) is 7.84. The molecule has 3 nitrogen and oxygen atoms in total. The first-order chi connectivity index (χ1) is 6.89. The van der Waals surface area contributed by atoms with E-state index in [0.717, 1.165) is 12.1 Å².